The van der Waals surface area contributed by atoms with Crippen molar-refractivity contribution in [3.8, 4) is 5.75 Å². The first-order chi connectivity index (χ1) is 12.6. The maximum atomic E-state index is 12.1. The zero-order chi connectivity index (χ0) is 18.5. The van der Waals surface area contributed by atoms with Crippen LogP contribution in [0.2, 0.25) is 0 Å². The van der Waals surface area contributed by atoms with E-state index in [9.17, 15) is 9.59 Å². The fourth-order valence-electron chi connectivity index (χ4n) is 2.42. The standard InChI is InChI=1S/C18H18N4O4/c1-3-22-16-9-4-12(10-15(16)20-21-22)18(24)26-11-17(23)19-13-5-7-14(25-2)8-6-13/h4-10H,3,11H2,1-2H3,(H,19,23). The van der Waals surface area contributed by atoms with Crippen molar-refractivity contribution in [3.63, 3.8) is 0 Å². The van der Waals surface area contributed by atoms with Crippen molar-refractivity contribution in [2.24, 2.45) is 0 Å². The van der Waals surface area contributed by atoms with Gasteiger partial charge in [-0.25, -0.2) is 9.48 Å². The van der Waals surface area contributed by atoms with Crippen LogP contribution in [0.25, 0.3) is 11.0 Å². The Morgan fingerprint density at radius 1 is 1.15 bits per heavy atom. The molecule has 1 heterocycles. The zero-order valence-electron chi connectivity index (χ0n) is 14.4. The second-order valence-electron chi connectivity index (χ2n) is 5.46. The summed E-state index contributed by atoms with van der Waals surface area (Å²) in [5.41, 5.74) is 2.34. The molecule has 0 bridgehead atoms. The van der Waals surface area contributed by atoms with Crippen LogP contribution in [0, 0.1) is 0 Å². The van der Waals surface area contributed by atoms with Crippen LogP contribution >= 0.6 is 0 Å². The fraction of sp³-hybridized carbons (Fsp3) is 0.222. The largest absolute Gasteiger partial charge is 0.497 e. The minimum Gasteiger partial charge on any atom is -0.497 e. The first-order valence-electron chi connectivity index (χ1n) is 8.05. The Morgan fingerprint density at radius 3 is 2.62 bits per heavy atom. The van der Waals surface area contributed by atoms with Gasteiger partial charge in [-0.15, -0.1) is 5.10 Å². The van der Waals surface area contributed by atoms with Crippen LogP contribution in [0.5, 0.6) is 5.75 Å². The van der Waals surface area contributed by atoms with Gasteiger partial charge in [-0.2, -0.15) is 0 Å². The van der Waals surface area contributed by atoms with Gasteiger partial charge in [-0.1, -0.05) is 5.21 Å². The number of esters is 1. The molecule has 8 heteroatoms. The van der Waals surface area contributed by atoms with E-state index in [1.165, 1.54) is 0 Å². The summed E-state index contributed by atoms with van der Waals surface area (Å²) in [5, 5.41) is 10.6. The van der Waals surface area contributed by atoms with Gasteiger partial charge in [0.1, 0.15) is 11.3 Å². The molecule has 0 aliphatic heterocycles. The molecule has 134 valence electrons. The van der Waals surface area contributed by atoms with Crippen molar-refractivity contribution in [1.82, 2.24) is 15.0 Å². The van der Waals surface area contributed by atoms with Crippen LogP contribution in [0.1, 0.15) is 17.3 Å². The van der Waals surface area contributed by atoms with Gasteiger partial charge >= 0.3 is 5.97 Å². The number of fused-ring (bicyclic) bond motifs is 1. The number of aryl methyl sites for hydroxylation is 1. The number of benzene rings is 2. The number of aromatic nitrogens is 3. The predicted molar refractivity (Wildman–Crippen MR) is 95.1 cm³/mol. The van der Waals surface area contributed by atoms with Crippen molar-refractivity contribution in [2.75, 3.05) is 19.0 Å². The summed E-state index contributed by atoms with van der Waals surface area (Å²) in [7, 11) is 1.56. The van der Waals surface area contributed by atoms with Crippen LogP contribution < -0.4 is 10.1 Å². The van der Waals surface area contributed by atoms with Gasteiger partial charge in [-0.3, -0.25) is 4.79 Å². The maximum Gasteiger partial charge on any atom is 0.338 e. The van der Waals surface area contributed by atoms with E-state index in [1.54, 1.807) is 54.3 Å². The van der Waals surface area contributed by atoms with Crippen molar-refractivity contribution in [2.45, 2.75) is 13.5 Å². The number of hydrogen-bond acceptors (Lipinski definition) is 6. The second-order valence-corrected chi connectivity index (χ2v) is 5.46. The third kappa shape index (κ3) is 3.80. The molecule has 1 amide bonds. The van der Waals surface area contributed by atoms with E-state index in [1.807, 2.05) is 6.92 Å². The zero-order valence-corrected chi connectivity index (χ0v) is 14.4. The number of hydrogen-bond donors (Lipinski definition) is 1. The van der Waals surface area contributed by atoms with Crippen LogP contribution in [0.15, 0.2) is 42.5 Å². The number of anilines is 1. The van der Waals surface area contributed by atoms with Gasteiger partial charge in [0.2, 0.25) is 0 Å². The van der Waals surface area contributed by atoms with E-state index >= 15 is 0 Å². The molecule has 0 fully saturated rings. The Labute approximate surface area is 149 Å². The number of methoxy groups -OCH3 is 1. The summed E-state index contributed by atoms with van der Waals surface area (Å²) in [6.45, 7) is 2.26. The topological polar surface area (TPSA) is 95.3 Å². The number of carbonyl (C=O) groups is 2. The molecule has 3 rings (SSSR count). The molecule has 1 N–H and O–H groups in total. The monoisotopic (exact) mass is 354 g/mol. The molecule has 2 aromatic carbocycles. The number of carbonyl (C=O) groups excluding carboxylic acids is 2. The molecule has 3 aromatic rings. The van der Waals surface area contributed by atoms with Gasteiger partial charge < -0.3 is 14.8 Å². The summed E-state index contributed by atoms with van der Waals surface area (Å²) in [4.78, 5) is 24.0. The fourth-order valence-corrected chi connectivity index (χ4v) is 2.42. The van der Waals surface area contributed by atoms with Crippen LogP contribution in [-0.4, -0.2) is 40.6 Å². The smallest absolute Gasteiger partial charge is 0.338 e. The summed E-state index contributed by atoms with van der Waals surface area (Å²) in [6, 6.07) is 11.8. The Hall–Kier alpha value is -3.42. The summed E-state index contributed by atoms with van der Waals surface area (Å²) < 4.78 is 11.8. The molecule has 0 spiro atoms. The number of nitrogens with one attached hydrogen (secondary N) is 1. The normalized spacial score (nSPS) is 10.5. The lowest BCUT2D eigenvalue weighted by Crippen LogP contribution is -2.20. The van der Waals surface area contributed by atoms with Gasteiger partial charge in [0.25, 0.3) is 5.91 Å². The first kappa shape index (κ1) is 17.4. The quantitative estimate of drug-likeness (QED) is 0.682. The van der Waals surface area contributed by atoms with Crippen molar-refractivity contribution >= 4 is 28.6 Å². The average Bonchev–Trinajstić information content (AvgIpc) is 3.09. The molecular weight excluding hydrogens is 336 g/mol. The van der Waals surface area contributed by atoms with Crippen molar-refractivity contribution in [3.05, 3.63) is 48.0 Å². The highest BCUT2D eigenvalue weighted by Crippen LogP contribution is 2.16. The molecule has 26 heavy (non-hydrogen) atoms. The molecule has 0 aliphatic rings. The minimum absolute atomic E-state index is 0.318. The van der Waals surface area contributed by atoms with E-state index < -0.39 is 11.9 Å². The van der Waals surface area contributed by atoms with E-state index in [0.29, 0.717) is 29.1 Å². The lowest BCUT2D eigenvalue weighted by molar-refractivity contribution is -0.119. The van der Waals surface area contributed by atoms with Crippen LogP contribution in [0.4, 0.5) is 5.69 Å². The van der Waals surface area contributed by atoms with Gasteiger partial charge in [-0.05, 0) is 49.4 Å². The molecule has 0 aliphatic carbocycles. The highest BCUT2D eigenvalue weighted by molar-refractivity contribution is 5.97. The molecular formula is C18H18N4O4. The molecule has 0 saturated carbocycles. The lowest BCUT2D eigenvalue weighted by atomic mass is 10.2. The summed E-state index contributed by atoms with van der Waals surface area (Å²) in [6.07, 6.45) is 0. The number of nitrogens with zero attached hydrogens (tertiary/aromatic N) is 3. The van der Waals surface area contributed by atoms with Crippen LogP contribution in [0.3, 0.4) is 0 Å². The van der Waals surface area contributed by atoms with Gasteiger partial charge in [0.15, 0.2) is 6.61 Å². The molecule has 8 nitrogen and oxygen atoms in total. The van der Waals surface area contributed by atoms with E-state index in [0.717, 1.165) is 5.52 Å². The van der Waals surface area contributed by atoms with Crippen molar-refractivity contribution in [1.29, 1.82) is 0 Å². The number of rotatable bonds is 6. The Bertz CT molecular complexity index is 934. The highest BCUT2D eigenvalue weighted by atomic mass is 16.5. The predicted octanol–water partition coefficient (Wildman–Crippen LogP) is 2.26. The van der Waals surface area contributed by atoms with Gasteiger partial charge in [0.05, 0.1) is 18.2 Å². The SMILES string of the molecule is CCn1nnc2cc(C(=O)OCC(=O)Nc3ccc(OC)cc3)ccc21. The summed E-state index contributed by atoms with van der Waals surface area (Å²) in [5.74, 6) is -0.339. The molecule has 0 unspecified atom stereocenters. The van der Waals surface area contributed by atoms with E-state index in [4.69, 9.17) is 9.47 Å². The Morgan fingerprint density at radius 2 is 1.92 bits per heavy atom. The maximum absolute atomic E-state index is 12.1. The Kier molecular flexibility index (Phi) is 5.12. The van der Waals surface area contributed by atoms with E-state index in [2.05, 4.69) is 15.6 Å². The van der Waals surface area contributed by atoms with Crippen LogP contribution in [-0.2, 0) is 16.1 Å². The highest BCUT2D eigenvalue weighted by Gasteiger charge is 2.13. The Balaban J connectivity index is 1.58. The summed E-state index contributed by atoms with van der Waals surface area (Å²) >= 11 is 0. The molecule has 0 saturated heterocycles. The third-order valence-electron chi connectivity index (χ3n) is 3.76. The number of ether oxygens (including phenoxy) is 2. The van der Waals surface area contributed by atoms with Crippen molar-refractivity contribution < 1.29 is 19.1 Å². The number of amides is 1. The molecule has 0 atom stereocenters. The lowest BCUT2D eigenvalue weighted by Gasteiger charge is -2.07. The third-order valence-corrected chi connectivity index (χ3v) is 3.76. The minimum atomic E-state index is -0.595. The average molecular weight is 354 g/mol. The van der Waals surface area contributed by atoms with Gasteiger partial charge in [0, 0.05) is 12.2 Å². The second kappa shape index (κ2) is 7.64. The molecule has 1 aromatic heterocycles. The first-order valence-corrected chi connectivity index (χ1v) is 8.05. The molecule has 0 radical (unpaired) electrons. The van der Waals surface area contributed by atoms with E-state index in [-0.39, 0.29) is 6.61 Å².